The molecule has 0 spiro atoms. The summed E-state index contributed by atoms with van der Waals surface area (Å²) in [4.78, 5) is 15.5. The molecule has 3 rings (SSSR count). The molecule has 0 aliphatic rings. The Morgan fingerprint density at radius 1 is 1.44 bits per heavy atom. The fourth-order valence-electron chi connectivity index (χ4n) is 2.14. The van der Waals surface area contributed by atoms with Gasteiger partial charge in [0.05, 0.1) is 11.0 Å². The van der Waals surface area contributed by atoms with E-state index in [9.17, 15) is 4.79 Å². The predicted molar refractivity (Wildman–Crippen MR) is 68.4 cm³/mol. The molecule has 1 aromatic carbocycles. The van der Waals surface area contributed by atoms with Gasteiger partial charge in [0, 0.05) is 18.3 Å². The lowest BCUT2D eigenvalue weighted by molar-refractivity contribution is 0.0687. The molecule has 0 aliphatic heterocycles. The molecule has 0 amide bonds. The molecule has 1 N–H and O–H groups in total. The highest BCUT2D eigenvalue weighted by Gasteiger charge is 2.17. The highest BCUT2D eigenvalue weighted by molar-refractivity contribution is 6.32. The summed E-state index contributed by atoms with van der Waals surface area (Å²) in [5.74, 6) is -0.380. The van der Waals surface area contributed by atoms with Crippen LogP contribution in [0.4, 0.5) is 0 Å². The van der Waals surface area contributed by atoms with Crippen LogP contribution in [0.1, 0.15) is 16.1 Å². The molecule has 92 valence electrons. The SMILES string of the molecule is Cc1c(Cl)ccc2c1nc1n(C)c(C(=O)O)cn21. The fourth-order valence-corrected chi connectivity index (χ4v) is 2.29. The predicted octanol–water partition coefficient (Wildman–Crippen LogP) is 2.49. The van der Waals surface area contributed by atoms with Crippen LogP contribution in [0, 0.1) is 6.92 Å². The molecule has 2 heterocycles. The summed E-state index contributed by atoms with van der Waals surface area (Å²) in [6, 6.07) is 3.64. The second-order valence-electron chi connectivity index (χ2n) is 4.20. The van der Waals surface area contributed by atoms with Crippen LogP contribution in [0.3, 0.4) is 0 Å². The third kappa shape index (κ3) is 1.28. The smallest absolute Gasteiger partial charge is 0.354 e. The van der Waals surface area contributed by atoms with E-state index in [0.29, 0.717) is 10.8 Å². The first-order chi connectivity index (χ1) is 8.50. The van der Waals surface area contributed by atoms with Gasteiger partial charge in [-0.05, 0) is 24.6 Å². The molecule has 2 aromatic heterocycles. The number of rotatable bonds is 1. The van der Waals surface area contributed by atoms with Gasteiger partial charge in [-0.2, -0.15) is 0 Å². The molecule has 0 saturated heterocycles. The quantitative estimate of drug-likeness (QED) is 0.734. The average molecular weight is 264 g/mol. The van der Waals surface area contributed by atoms with Crippen LogP contribution in [-0.4, -0.2) is 25.0 Å². The summed E-state index contributed by atoms with van der Waals surface area (Å²) in [5.41, 5.74) is 2.75. The van der Waals surface area contributed by atoms with Crippen LogP contribution >= 0.6 is 11.6 Å². The summed E-state index contributed by atoms with van der Waals surface area (Å²) in [6.45, 7) is 1.90. The van der Waals surface area contributed by atoms with Gasteiger partial charge in [-0.25, -0.2) is 9.78 Å². The van der Waals surface area contributed by atoms with Gasteiger partial charge in [0.15, 0.2) is 0 Å². The number of carboxylic acids is 1. The molecule has 0 saturated carbocycles. The number of hydrogen-bond acceptors (Lipinski definition) is 2. The molecule has 0 bridgehead atoms. The number of nitrogens with zero attached hydrogens (tertiary/aromatic N) is 3. The van der Waals surface area contributed by atoms with Crippen molar-refractivity contribution in [2.45, 2.75) is 6.92 Å². The van der Waals surface area contributed by atoms with Gasteiger partial charge in [0.2, 0.25) is 5.78 Å². The number of carboxylic acid groups (broad SMARTS) is 1. The van der Waals surface area contributed by atoms with Crippen LogP contribution in [0.5, 0.6) is 0 Å². The average Bonchev–Trinajstić information content (AvgIpc) is 2.82. The monoisotopic (exact) mass is 263 g/mol. The van der Waals surface area contributed by atoms with E-state index in [0.717, 1.165) is 16.6 Å². The zero-order valence-electron chi connectivity index (χ0n) is 9.81. The zero-order valence-corrected chi connectivity index (χ0v) is 10.6. The largest absolute Gasteiger partial charge is 0.477 e. The van der Waals surface area contributed by atoms with Crippen molar-refractivity contribution in [2.75, 3.05) is 0 Å². The van der Waals surface area contributed by atoms with Gasteiger partial charge in [-0.1, -0.05) is 11.6 Å². The van der Waals surface area contributed by atoms with Crippen molar-refractivity contribution < 1.29 is 9.90 Å². The van der Waals surface area contributed by atoms with Crippen molar-refractivity contribution in [3.8, 4) is 0 Å². The highest BCUT2D eigenvalue weighted by Crippen LogP contribution is 2.26. The molecule has 3 aromatic rings. The van der Waals surface area contributed by atoms with E-state index in [1.807, 2.05) is 13.0 Å². The van der Waals surface area contributed by atoms with Gasteiger partial charge in [0.1, 0.15) is 5.69 Å². The van der Waals surface area contributed by atoms with Crippen molar-refractivity contribution in [2.24, 2.45) is 7.05 Å². The lowest BCUT2D eigenvalue weighted by Gasteiger charge is -1.98. The summed E-state index contributed by atoms with van der Waals surface area (Å²) >= 11 is 6.05. The number of benzene rings is 1. The molecule has 0 aliphatic carbocycles. The first-order valence-corrected chi connectivity index (χ1v) is 5.74. The Morgan fingerprint density at radius 3 is 2.83 bits per heavy atom. The summed E-state index contributed by atoms with van der Waals surface area (Å²) < 4.78 is 3.32. The van der Waals surface area contributed by atoms with Crippen molar-refractivity contribution in [1.29, 1.82) is 0 Å². The molecule has 0 radical (unpaired) electrons. The normalized spacial score (nSPS) is 11.5. The number of aromatic nitrogens is 3. The highest BCUT2D eigenvalue weighted by atomic mass is 35.5. The maximum absolute atomic E-state index is 11.1. The third-order valence-electron chi connectivity index (χ3n) is 3.16. The number of imidazole rings is 2. The lowest BCUT2D eigenvalue weighted by Crippen LogP contribution is -2.04. The Bertz CT molecular complexity index is 801. The van der Waals surface area contributed by atoms with E-state index >= 15 is 0 Å². The van der Waals surface area contributed by atoms with Gasteiger partial charge in [-0.3, -0.25) is 4.40 Å². The minimum absolute atomic E-state index is 0.201. The molecule has 0 unspecified atom stereocenters. The Labute approximate surface area is 107 Å². The van der Waals surface area contributed by atoms with Gasteiger partial charge < -0.3 is 9.67 Å². The van der Waals surface area contributed by atoms with Gasteiger partial charge in [0.25, 0.3) is 0 Å². The van der Waals surface area contributed by atoms with Crippen LogP contribution in [-0.2, 0) is 7.05 Å². The summed E-state index contributed by atoms with van der Waals surface area (Å²) in [5, 5.41) is 9.73. The lowest BCUT2D eigenvalue weighted by atomic mass is 10.2. The topological polar surface area (TPSA) is 59.5 Å². The fraction of sp³-hybridized carbons (Fsp3) is 0.167. The number of fused-ring (bicyclic) bond motifs is 3. The molecule has 5 nitrogen and oxygen atoms in total. The van der Waals surface area contributed by atoms with Crippen LogP contribution in [0.2, 0.25) is 5.02 Å². The minimum atomic E-state index is -0.971. The van der Waals surface area contributed by atoms with Crippen LogP contribution in [0.15, 0.2) is 18.3 Å². The Hall–Kier alpha value is -2.01. The molecular formula is C12H10ClN3O2. The van der Waals surface area contributed by atoms with Crippen molar-refractivity contribution >= 4 is 34.4 Å². The Balaban J connectivity index is 2.48. The van der Waals surface area contributed by atoms with E-state index in [-0.39, 0.29) is 5.69 Å². The van der Waals surface area contributed by atoms with Crippen molar-refractivity contribution in [3.63, 3.8) is 0 Å². The molecule has 6 heteroatoms. The molecule has 0 fully saturated rings. The summed E-state index contributed by atoms with van der Waals surface area (Å²) in [6.07, 6.45) is 1.57. The second-order valence-corrected chi connectivity index (χ2v) is 4.61. The Kier molecular flexibility index (Phi) is 2.15. The standard InChI is InChI=1S/C12H10ClN3O2/c1-6-7(13)3-4-8-10(6)14-12-15(2)9(11(17)18)5-16(8)12/h3-5H,1-2H3,(H,17,18). The van der Waals surface area contributed by atoms with Crippen LogP contribution < -0.4 is 0 Å². The maximum Gasteiger partial charge on any atom is 0.354 e. The first kappa shape index (κ1) is 11.1. The van der Waals surface area contributed by atoms with E-state index in [2.05, 4.69) is 4.98 Å². The first-order valence-electron chi connectivity index (χ1n) is 5.36. The number of halogens is 1. The Morgan fingerprint density at radius 2 is 2.17 bits per heavy atom. The molecular weight excluding hydrogens is 254 g/mol. The number of carbonyl (C=O) groups is 1. The van der Waals surface area contributed by atoms with E-state index in [1.165, 1.54) is 0 Å². The number of aryl methyl sites for hydroxylation is 2. The molecule has 18 heavy (non-hydrogen) atoms. The minimum Gasteiger partial charge on any atom is -0.477 e. The third-order valence-corrected chi connectivity index (χ3v) is 3.57. The number of hydrogen-bond donors (Lipinski definition) is 1. The summed E-state index contributed by atoms with van der Waals surface area (Å²) in [7, 11) is 1.68. The van der Waals surface area contributed by atoms with E-state index < -0.39 is 5.97 Å². The van der Waals surface area contributed by atoms with Gasteiger partial charge in [-0.15, -0.1) is 0 Å². The number of aromatic carboxylic acids is 1. The second kappa shape index (κ2) is 3.49. The van der Waals surface area contributed by atoms with E-state index in [4.69, 9.17) is 16.7 Å². The molecule has 0 atom stereocenters. The van der Waals surface area contributed by atoms with E-state index in [1.54, 1.807) is 28.3 Å². The van der Waals surface area contributed by atoms with Crippen molar-refractivity contribution in [1.82, 2.24) is 14.0 Å². The van der Waals surface area contributed by atoms with Crippen molar-refractivity contribution in [3.05, 3.63) is 34.6 Å². The van der Waals surface area contributed by atoms with Gasteiger partial charge >= 0.3 is 5.97 Å². The maximum atomic E-state index is 11.1. The van der Waals surface area contributed by atoms with Crippen LogP contribution in [0.25, 0.3) is 16.8 Å². The zero-order chi connectivity index (χ0) is 13.0.